The number of carbonyl (C=O) groups excluding carboxylic acids is 1. The van der Waals surface area contributed by atoms with Crippen molar-refractivity contribution < 1.29 is 14.5 Å². The molecule has 0 aliphatic heterocycles. The van der Waals surface area contributed by atoms with E-state index in [1.807, 2.05) is 19.9 Å². The number of hydrogen-bond acceptors (Lipinski definition) is 4. The maximum Gasteiger partial charge on any atom is 0.405 e. The van der Waals surface area contributed by atoms with E-state index < -0.39 is 16.6 Å². The lowest BCUT2D eigenvalue weighted by Gasteiger charge is -2.24. The number of carbonyl (C=O) groups is 1. The van der Waals surface area contributed by atoms with Gasteiger partial charge in [-0.2, -0.15) is 0 Å². The van der Waals surface area contributed by atoms with Crippen LogP contribution in [0.2, 0.25) is 0 Å². The molecule has 0 unspecified atom stereocenters. The van der Waals surface area contributed by atoms with E-state index in [0.29, 0.717) is 5.56 Å². The zero-order chi connectivity index (χ0) is 15.5. The van der Waals surface area contributed by atoms with Crippen LogP contribution in [0.15, 0.2) is 18.2 Å². The van der Waals surface area contributed by atoms with Gasteiger partial charge in [0, 0.05) is 18.1 Å². The monoisotopic (exact) mass is 280 g/mol. The summed E-state index contributed by atoms with van der Waals surface area (Å²) in [5.41, 5.74) is 5.56. The Kier molecular flexibility index (Phi) is 4.70. The fourth-order valence-corrected chi connectivity index (χ4v) is 2.03. The molecular formula is C14H20N2O4. The Balaban J connectivity index is 3.12. The van der Waals surface area contributed by atoms with E-state index in [4.69, 9.17) is 10.5 Å². The third-order valence-electron chi connectivity index (χ3n) is 2.97. The summed E-state index contributed by atoms with van der Waals surface area (Å²) < 4.78 is 4.97. The minimum Gasteiger partial charge on any atom is -0.443 e. The van der Waals surface area contributed by atoms with Gasteiger partial charge in [0.2, 0.25) is 0 Å². The first-order chi connectivity index (χ1) is 9.12. The highest BCUT2D eigenvalue weighted by Gasteiger charge is 2.27. The SMILES string of the molecule is CC(C)c1ccc(CC(C)(C)OC(N)=O)c([N+](=O)[O-])c1. The molecule has 0 aliphatic rings. The molecule has 0 heterocycles. The van der Waals surface area contributed by atoms with Crippen molar-refractivity contribution in [1.29, 1.82) is 0 Å². The molecule has 20 heavy (non-hydrogen) atoms. The zero-order valence-electron chi connectivity index (χ0n) is 12.2. The predicted octanol–water partition coefficient (Wildman–Crippen LogP) is 3.13. The second-order valence-corrected chi connectivity index (χ2v) is 5.66. The maximum atomic E-state index is 11.2. The second-order valence-electron chi connectivity index (χ2n) is 5.66. The van der Waals surface area contributed by atoms with E-state index in [0.717, 1.165) is 5.56 Å². The van der Waals surface area contributed by atoms with Gasteiger partial charge in [-0.25, -0.2) is 4.79 Å². The molecule has 1 aromatic carbocycles. The van der Waals surface area contributed by atoms with Crippen LogP contribution in [0.3, 0.4) is 0 Å². The molecular weight excluding hydrogens is 260 g/mol. The van der Waals surface area contributed by atoms with Gasteiger partial charge >= 0.3 is 6.09 Å². The molecule has 0 spiro atoms. The van der Waals surface area contributed by atoms with Crippen LogP contribution in [0.1, 0.15) is 44.7 Å². The first-order valence-electron chi connectivity index (χ1n) is 6.38. The smallest absolute Gasteiger partial charge is 0.405 e. The summed E-state index contributed by atoms with van der Waals surface area (Å²) in [6.07, 6.45) is -0.665. The largest absolute Gasteiger partial charge is 0.443 e. The van der Waals surface area contributed by atoms with Gasteiger partial charge < -0.3 is 10.5 Å². The molecule has 1 aromatic rings. The van der Waals surface area contributed by atoms with Gasteiger partial charge in [0.05, 0.1) is 4.92 Å². The van der Waals surface area contributed by atoms with Gasteiger partial charge in [-0.3, -0.25) is 10.1 Å². The summed E-state index contributed by atoms with van der Waals surface area (Å²) in [5, 5.41) is 11.2. The van der Waals surface area contributed by atoms with Crippen LogP contribution >= 0.6 is 0 Å². The predicted molar refractivity (Wildman–Crippen MR) is 75.6 cm³/mol. The minimum atomic E-state index is -0.893. The van der Waals surface area contributed by atoms with Crippen molar-refractivity contribution >= 4 is 11.8 Å². The van der Waals surface area contributed by atoms with Crippen molar-refractivity contribution in [2.24, 2.45) is 5.73 Å². The average Bonchev–Trinajstić information content (AvgIpc) is 2.26. The lowest BCUT2D eigenvalue weighted by molar-refractivity contribution is -0.385. The number of nitrogens with zero attached hydrogens (tertiary/aromatic N) is 1. The third kappa shape index (κ3) is 4.22. The minimum absolute atomic E-state index is 0.0392. The molecule has 0 bridgehead atoms. The molecule has 0 saturated heterocycles. The van der Waals surface area contributed by atoms with Crippen molar-refractivity contribution in [2.75, 3.05) is 0 Å². The first-order valence-corrected chi connectivity index (χ1v) is 6.38. The summed E-state index contributed by atoms with van der Waals surface area (Å²) in [7, 11) is 0. The Hall–Kier alpha value is -2.11. The van der Waals surface area contributed by atoms with E-state index in [2.05, 4.69) is 0 Å². The number of nitrogens with two attached hydrogens (primary N) is 1. The molecule has 110 valence electrons. The highest BCUT2D eigenvalue weighted by molar-refractivity contribution is 5.65. The molecule has 1 amide bonds. The summed E-state index contributed by atoms with van der Waals surface area (Å²) in [4.78, 5) is 21.6. The fourth-order valence-electron chi connectivity index (χ4n) is 2.03. The van der Waals surface area contributed by atoms with E-state index in [1.165, 1.54) is 0 Å². The second kappa shape index (κ2) is 5.90. The third-order valence-corrected chi connectivity index (χ3v) is 2.97. The molecule has 0 fully saturated rings. The van der Waals surface area contributed by atoms with E-state index in [-0.39, 0.29) is 18.0 Å². The van der Waals surface area contributed by atoms with Crippen LogP contribution in [0.25, 0.3) is 0 Å². The fraction of sp³-hybridized carbons (Fsp3) is 0.500. The van der Waals surface area contributed by atoms with Gasteiger partial charge in [-0.05, 0) is 25.3 Å². The van der Waals surface area contributed by atoms with Crippen LogP contribution in [0.5, 0.6) is 0 Å². The molecule has 0 radical (unpaired) electrons. The summed E-state index contributed by atoms with van der Waals surface area (Å²) in [6.45, 7) is 7.27. The van der Waals surface area contributed by atoms with Crippen molar-refractivity contribution in [3.63, 3.8) is 0 Å². The van der Waals surface area contributed by atoms with Crippen LogP contribution in [-0.4, -0.2) is 16.6 Å². The molecule has 6 nitrogen and oxygen atoms in total. The lowest BCUT2D eigenvalue weighted by Crippen LogP contribution is -2.33. The maximum absolute atomic E-state index is 11.2. The quantitative estimate of drug-likeness (QED) is 0.662. The number of rotatable bonds is 5. The van der Waals surface area contributed by atoms with Gasteiger partial charge in [0.25, 0.3) is 5.69 Å². The number of benzene rings is 1. The van der Waals surface area contributed by atoms with Gasteiger partial charge in [-0.15, -0.1) is 0 Å². The molecule has 1 rings (SSSR count). The van der Waals surface area contributed by atoms with Crippen molar-refractivity contribution in [2.45, 2.75) is 45.6 Å². The standard InChI is InChI=1S/C14H20N2O4/c1-9(2)10-5-6-11(12(7-10)16(18)19)8-14(3,4)20-13(15)17/h5-7,9H,8H2,1-4H3,(H2,15,17). The number of nitro benzene ring substituents is 1. The molecule has 0 aliphatic carbocycles. The van der Waals surface area contributed by atoms with Crippen molar-refractivity contribution in [3.8, 4) is 0 Å². The van der Waals surface area contributed by atoms with Crippen LogP contribution in [0.4, 0.5) is 10.5 Å². The first kappa shape index (κ1) is 15.9. The molecule has 0 saturated carbocycles. The van der Waals surface area contributed by atoms with Gasteiger partial charge in [0.15, 0.2) is 0 Å². The van der Waals surface area contributed by atoms with Gasteiger partial charge in [0.1, 0.15) is 5.60 Å². The Morgan fingerprint density at radius 2 is 2.05 bits per heavy atom. The Morgan fingerprint density at radius 1 is 1.45 bits per heavy atom. The Labute approximate surface area is 118 Å². The normalized spacial score (nSPS) is 11.4. The van der Waals surface area contributed by atoms with E-state index in [1.54, 1.807) is 26.0 Å². The lowest BCUT2D eigenvalue weighted by atomic mass is 9.94. The molecule has 0 atom stereocenters. The Bertz CT molecular complexity index is 524. The van der Waals surface area contributed by atoms with Crippen molar-refractivity contribution in [3.05, 3.63) is 39.4 Å². The number of primary amides is 1. The average molecular weight is 280 g/mol. The summed E-state index contributed by atoms with van der Waals surface area (Å²) >= 11 is 0. The number of amides is 1. The zero-order valence-corrected chi connectivity index (χ0v) is 12.2. The van der Waals surface area contributed by atoms with Crippen molar-refractivity contribution in [1.82, 2.24) is 0 Å². The molecule has 2 N–H and O–H groups in total. The molecule has 0 aromatic heterocycles. The van der Waals surface area contributed by atoms with Gasteiger partial charge in [-0.1, -0.05) is 26.0 Å². The van der Waals surface area contributed by atoms with Crippen LogP contribution < -0.4 is 5.73 Å². The highest BCUT2D eigenvalue weighted by Crippen LogP contribution is 2.28. The van der Waals surface area contributed by atoms with E-state index in [9.17, 15) is 14.9 Å². The summed E-state index contributed by atoms with van der Waals surface area (Å²) in [6, 6.07) is 5.13. The van der Waals surface area contributed by atoms with E-state index >= 15 is 0 Å². The Morgan fingerprint density at radius 3 is 2.50 bits per heavy atom. The number of nitro groups is 1. The molecule has 6 heteroatoms. The van der Waals surface area contributed by atoms with Crippen LogP contribution in [0, 0.1) is 10.1 Å². The number of ether oxygens (including phenoxy) is 1. The topological polar surface area (TPSA) is 95.5 Å². The summed E-state index contributed by atoms with van der Waals surface area (Å²) in [5.74, 6) is 0.206. The highest BCUT2D eigenvalue weighted by atomic mass is 16.6. The van der Waals surface area contributed by atoms with Crippen LogP contribution in [-0.2, 0) is 11.2 Å². The number of hydrogen-bond donors (Lipinski definition) is 1.